The van der Waals surface area contributed by atoms with Crippen molar-refractivity contribution < 1.29 is 0 Å². The van der Waals surface area contributed by atoms with Crippen LogP contribution in [0.5, 0.6) is 0 Å². The smallest absolute Gasteiger partial charge is 0.0303 e. The van der Waals surface area contributed by atoms with Crippen molar-refractivity contribution >= 4 is 0 Å². The van der Waals surface area contributed by atoms with E-state index in [0.717, 1.165) is 0 Å². The lowest BCUT2D eigenvalue weighted by Crippen LogP contribution is -2.59. The van der Waals surface area contributed by atoms with Crippen LogP contribution in [-0.2, 0) is 0 Å². The fourth-order valence-electron chi connectivity index (χ4n) is 3.12. The van der Waals surface area contributed by atoms with Gasteiger partial charge in [0.1, 0.15) is 0 Å². The zero-order chi connectivity index (χ0) is 14.0. The summed E-state index contributed by atoms with van der Waals surface area (Å²) in [6.45, 7) is 11.9. The minimum Gasteiger partial charge on any atom is -0.314 e. The van der Waals surface area contributed by atoms with Crippen LogP contribution in [-0.4, -0.2) is 36.6 Å². The molecule has 1 aliphatic heterocycles. The van der Waals surface area contributed by atoms with E-state index in [1.165, 1.54) is 84.0 Å². The summed E-state index contributed by atoms with van der Waals surface area (Å²) in [5.41, 5.74) is 0.402. The Morgan fingerprint density at radius 2 is 1.58 bits per heavy atom. The predicted octanol–water partition coefficient (Wildman–Crippen LogP) is 4.20. The maximum absolute atomic E-state index is 3.54. The van der Waals surface area contributed by atoms with Gasteiger partial charge in [-0.25, -0.2) is 0 Å². The van der Waals surface area contributed by atoms with Crippen molar-refractivity contribution in [1.82, 2.24) is 10.2 Å². The summed E-state index contributed by atoms with van der Waals surface area (Å²) in [5, 5.41) is 3.54. The van der Waals surface area contributed by atoms with Crippen molar-refractivity contribution in [3.63, 3.8) is 0 Å². The second-order valence-electron chi connectivity index (χ2n) is 6.49. The van der Waals surface area contributed by atoms with Gasteiger partial charge < -0.3 is 5.32 Å². The summed E-state index contributed by atoms with van der Waals surface area (Å²) in [4.78, 5) is 2.72. The van der Waals surface area contributed by atoms with Crippen LogP contribution in [0.4, 0.5) is 0 Å². The van der Waals surface area contributed by atoms with E-state index < -0.39 is 0 Å². The fourth-order valence-corrected chi connectivity index (χ4v) is 3.12. The van der Waals surface area contributed by atoms with Crippen molar-refractivity contribution in [3.05, 3.63) is 0 Å². The van der Waals surface area contributed by atoms with E-state index in [9.17, 15) is 0 Å². The highest BCUT2D eigenvalue weighted by molar-refractivity contribution is 4.90. The fraction of sp³-hybridized carbons (Fsp3) is 1.00. The maximum atomic E-state index is 3.54. The molecule has 1 saturated heterocycles. The summed E-state index contributed by atoms with van der Waals surface area (Å²) < 4.78 is 0. The van der Waals surface area contributed by atoms with Crippen LogP contribution in [0.1, 0.15) is 78.6 Å². The van der Waals surface area contributed by atoms with Crippen LogP contribution in [0, 0.1) is 0 Å². The maximum Gasteiger partial charge on any atom is 0.0303 e. The zero-order valence-corrected chi connectivity index (χ0v) is 13.6. The standard InChI is InChI=1S/C17H36N2/c1-4-6-7-8-9-10-11-12-14-19-15-13-18-16-17(19,3)5-2/h18H,4-16H2,1-3H3. The lowest BCUT2D eigenvalue weighted by molar-refractivity contribution is 0.0695. The van der Waals surface area contributed by atoms with Crippen LogP contribution in [0.2, 0.25) is 0 Å². The summed E-state index contributed by atoms with van der Waals surface area (Å²) in [7, 11) is 0. The molecule has 1 fully saturated rings. The van der Waals surface area contributed by atoms with Crippen molar-refractivity contribution in [2.45, 2.75) is 84.1 Å². The molecule has 0 radical (unpaired) electrons. The van der Waals surface area contributed by atoms with Crippen LogP contribution < -0.4 is 5.32 Å². The van der Waals surface area contributed by atoms with Gasteiger partial charge in [-0.15, -0.1) is 0 Å². The Morgan fingerprint density at radius 1 is 0.947 bits per heavy atom. The third-order valence-corrected chi connectivity index (χ3v) is 4.87. The Hall–Kier alpha value is -0.0800. The lowest BCUT2D eigenvalue weighted by Gasteiger charge is -2.45. The number of piperazine rings is 1. The number of nitrogens with one attached hydrogen (secondary N) is 1. The third kappa shape index (κ3) is 6.27. The molecule has 1 aliphatic rings. The number of hydrogen-bond donors (Lipinski definition) is 1. The minimum atomic E-state index is 0.402. The Labute approximate surface area is 121 Å². The van der Waals surface area contributed by atoms with E-state index in [1.807, 2.05) is 0 Å². The number of rotatable bonds is 10. The number of nitrogens with zero attached hydrogens (tertiary/aromatic N) is 1. The molecule has 1 atom stereocenters. The molecule has 0 aromatic carbocycles. The highest BCUT2D eigenvalue weighted by atomic mass is 15.2. The second kappa shape index (κ2) is 9.77. The van der Waals surface area contributed by atoms with Crippen molar-refractivity contribution in [1.29, 1.82) is 0 Å². The van der Waals surface area contributed by atoms with E-state index in [-0.39, 0.29) is 0 Å². The molecule has 0 aliphatic carbocycles. The molecule has 0 spiro atoms. The number of hydrogen-bond acceptors (Lipinski definition) is 2. The molecule has 1 N–H and O–H groups in total. The van der Waals surface area contributed by atoms with Crippen molar-refractivity contribution in [3.8, 4) is 0 Å². The first kappa shape index (κ1) is 17.0. The topological polar surface area (TPSA) is 15.3 Å². The Bertz CT molecular complexity index is 217. The van der Waals surface area contributed by atoms with Gasteiger partial charge in [-0.1, -0.05) is 58.8 Å². The van der Waals surface area contributed by atoms with E-state index in [2.05, 4.69) is 31.0 Å². The monoisotopic (exact) mass is 268 g/mol. The normalized spacial score (nSPS) is 24.8. The third-order valence-electron chi connectivity index (χ3n) is 4.87. The molecule has 0 aromatic rings. The van der Waals surface area contributed by atoms with Gasteiger partial charge in [0.15, 0.2) is 0 Å². The first-order valence-electron chi connectivity index (χ1n) is 8.68. The highest BCUT2D eigenvalue weighted by Crippen LogP contribution is 2.21. The SMILES string of the molecule is CCCCCCCCCCN1CCNCC1(C)CC. The van der Waals surface area contributed by atoms with Gasteiger partial charge >= 0.3 is 0 Å². The van der Waals surface area contributed by atoms with Gasteiger partial charge in [0, 0.05) is 25.2 Å². The average molecular weight is 268 g/mol. The molecule has 0 aromatic heterocycles. The molecule has 114 valence electrons. The van der Waals surface area contributed by atoms with Crippen molar-refractivity contribution in [2.24, 2.45) is 0 Å². The molecule has 2 nitrogen and oxygen atoms in total. The van der Waals surface area contributed by atoms with Gasteiger partial charge in [0.2, 0.25) is 0 Å². The summed E-state index contributed by atoms with van der Waals surface area (Å²) in [6, 6.07) is 0. The van der Waals surface area contributed by atoms with Crippen LogP contribution in [0.3, 0.4) is 0 Å². The molecule has 19 heavy (non-hydrogen) atoms. The summed E-state index contributed by atoms with van der Waals surface area (Å²) in [5.74, 6) is 0. The molecular formula is C17H36N2. The first-order valence-corrected chi connectivity index (χ1v) is 8.68. The van der Waals surface area contributed by atoms with Gasteiger partial charge in [-0.2, -0.15) is 0 Å². The molecule has 1 heterocycles. The van der Waals surface area contributed by atoms with Gasteiger partial charge in [0.25, 0.3) is 0 Å². The lowest BCUT2D eigenvalue weighted by atomic mass is 9.93. The number of unbranched alkanes of at least 4 members (excludes halogenated alkanes) is 7. The second-order valence-corrected chi connectivity index (χ2v) is 6.49. The summed E-state index contributed by atoms with van der Waals surface area (Å²) >= 11 is 0. The minimum absolute atomic E-state index is 0.402. The van der Waals surface area contributed by atoms with Crippen LogP contribution in [0.15, 0.2) is 0 Å². The van der Waals surface area contributed by atoms with E-state index in [0.29, 0.717) is 5.54 Å². The zero-order valence-electron chi connectivity index (χ0n) is 13.6. The van der Waals surface area contributed by atoms with Gasteiger partial charge in [-0.05, 0) is 26.3 Å². The Balaban J connectivity index is 2.04. The van der Waals surface area contributed by atoms with Crippen LogP contribution in [0.25, 0.3) is 0 Å². The quantitative estimate of drug-likeness (QED) is 0.597. The van der Waals surface area contributed by atoms with Gasteiger partial charge in [0.05, 0.1) is 0 Å². The Morgan fingerprint density at radius 3 is 2.21 bits per heavy atom. The van der Waals surface area contributed by atoms with Crippen LogP contribution >= 0.6 is 0 Å². The molecule has 1 unspecified atom stereocenters. The average Bonchev–Trinajstić information content (AvgIpc) is 2.43. The van der Waals surface area contributed by atoms with E-state index in [4.69, 9.17) is 0 Å². The molecule has 0 saturated carbocycles. The summed E-state index contributed by atoms with van der Waals surface area (Å²) in [6.07, 6.45) is 12.7. The molecule has 0 amide bonds. The Kier molecular flexibility index (Phi) is 8.72. The van der Waals surface area contributed by atoms with Crippen molar-refractivity contribution in [2.75, 3.05) is 26.2 Å². The predicted molar refractivity (Wildman–Crippen MR) is 85.7 cm³/mol. The molecular weight excluding hydrogens is 232 g/mol. The first-order chi connectivity index (χ1) is 9.23. The largest absolute Gasteiger partial charge is 0.314 e. The highest BCUT2D eigenvalue weighted by Gasteiger charge is 2.31. The molecule has 0 bridgehead atoms. The van der Waals surface area contributed by atoms with Gasteiger partial charge in [-0.3, -0.25) is 4.90 Å². The molecule has 1 rings (SSSR count). The van der Waals surface area contributed by atoms with E-state index >= 15 is 0 Å². The molecule has 2 heteroatoms. The van der Waals surface area contributed by atoms with E-state index in [1.54, 1.807) is 0 Å².